The van der Waals surface area contributed by atoms with Crippen molar-refractivity contribution in [1.29, 1.82) is 0 Å². The average Bonchev–Trinajstić information content (AvgIpc) is 2.17. The molecule has 82 valence electrons. The number of hydrogen-bond acceptors (Lipinski definition) is 2. The summed E-state index contributed by atoms with van der Waals surface area (Å²) in [6, 6.07) is 4.32. The van der Waals surface area contributed by atoms with Gasteiger partial charge in [0.15, 0.2) is 5.78 Å². The smallest absolute Gasteiger partial charge is 0.162 e. The van der Waals surface area contributed by atoms with E-state index in [1.165, 1.54) is 19.1 Å². The number of ketones is 1. The van der Waals surface area contributed by atoms with E-state index in [0.717, 1.165) is 6.42 Å². The van der Waals surface area contributed by atoms with E-state index in [2.05, 4.69) is 0 Å². The number of halogens is 1. The topological polar surface area (TPSA) is 26.3 Å². The second kappa shape index (κ2) is 4.91. The second-order valence-electron chi connectivity index (χ2n) is 3.53. The molecule has 2 nitrogen and oxygen atoms in total. The Labute approximate surface area is 89.1 Å². The van der Waals surface area contributed by atoms with E-state index >= 15 is 0 Å². The zero-order chi connectivity index (χ0) is 11.4. The molecule has 0 aliphatic carbocycles. The molecule has 0 amide bonds. The third-order valence-electron chi connectivity index (χ3n) is 2.23. The van der Waals surface area contributed by atoms with E-state index in [0.29, 0.717) is 5.75 Å². The molecular weight excluding hydrogens is 195 g/mol. The van der Waals surface area contributed by atoms with Crippen molar-refractivity contribution in [2.75, 3.05) is 0 Å². The minimum Gasteiger partial charge on any atom is -0.491 e. The van der Waals surface area contributed by atoms with Crippen LogP contribution >= 0.6 is 0 Å². The van der Waals surface area contributed by atoms with Gasteiger partial charge in [-0.15, -0.1) is 0 Å². The zero-order valence-corrected chi connectivity index (χ0v) is 9.21. The fourth-order valence-electron chi connectivity index (χ4n) is 1.17. The van der Waals surface area contributed by atoms with Crippen molar-refractivity contribution in [2.45, 2.75) is 33.3 Å². The molecule has 0 saturated heterocycles. The number of benzene rings is 1. The Balaban J connectivity index is 2.87. The van der Waals surface area contributed by atoms with Gasteiger partial charge in [0.1, 0.15) is 11.6 Å². The SMILES string of the molecule is CCC(C)Oc1ccc(C(C)=O)c(F)c1. The molecule has 0 spiro atoms. The van der Waals surface area contributed by atoms with Gasteiger partial charge >= 0.3 is 0 Å². The summed E-state index contributed by atoms with van der Waals surface area (Å²) in [6.45, 7) is 5.25. The standard InChI is InChI=1S/C12H15FO2/c1-4-8(2)15-10-5-6-11(9(3)14)12(13)7-10/h5-8H,4H2,1-3H3. The number of carbonyl (C=O) groups is 1. The number of hydrogen-bond donors (Lipinski definition) is 0. The Kier molecular flexibility index (Phi) is 3.83. The van der Waals surface area contributed by atoms with Crippen LogP contribution in [0.1, 0.15) is 37.6 Å². The van der Waals surface area contributed by atoms with E-state index in [-0.39, 0.29) is 17.5 Å². The fraction of sp³-hybridized carbons (Fsp3) is 0.417. The molecule has 0 heterocycles. The van der Waals surface area contributed by atoms with Gasteiger partial charge in [-0.2, -0.15) is 0 Å². The van der Waals surface area contributed by atoms with Crippen LogP contribution in [0.3, 0.4) is 0 Å². The summed E-state index contributed by atoms with van der Waals surface area (Å²) in [6.07, 6.45) is 0.906. The maximum absolute atomic E-state index is 13.4. The normalized spacial score (nSPS) is 12.3. The summed E-state index contributed by atoms with van der Waals surface area (Å²) >= 11 is 0. The predicted molar refractivity (Wildman–Crippen MR) is 56.8 cm³/mol. The first-order valence-electron chi connectivity index (χ1n) is 5.01. The summed E-state index contributed by atoms with van der Waals surface area (Å²) in [5, 5.41) is 0. The van der Waals surface area contributed by atoms with Crippen molar-refractivity contribution in [3.63, 3.8) is 0 Å². The molecule has 0 radical (unpaired) electrons. The molecule has 0 aliphatic heterocycles. The summed E-state index contributed by atoms with van der Waals surface area (Å²) in [5.74, 6) is -0.335. The fourth-order valence-corrected chi connectivity index (χ4v) is 1.17. The van der Waals surface area contributed by atoms with Gasteiger partial charge < -0.3 is 4.74 Å². The molecule has 0 N–H and O–H groups in total. The van der Waals surface area contributed by atoms with Crippen molar-refractivity contribution in [3.05, 3.63) is 29.6 Å². The van der Waals surface area contributed by atoms with Crippen molar-refractivity contribution >= 4 is 5.78 Å². The van der Waals surface area contributed by atoms with Gasteiger partial charge in [-0.25, -0.2) is 4.39 Å². The monoisotopic (exact) mass is 210 g/mol. The van der Waals surface area contributed by atoms with Gasteiger partial charge in [-0.3, -0.25) is 4.79 Å². The number of rotatable bonds is 4. The predicted octanol–water partition coefficient (Wildman–Crippen LogP) is 3.21. The molecule has 0 fully saturated rings. The van der Waals surface area contributed by atoms with Gasteiger partial charge in [-0.1, -0.05) is 6.92 Å². The minimum absolute atomic E-state index is 0.0487. The van der Waals surface area contributed by atoms with Crippen molar-refractivity contribution in [3.8, 4) is 5.75 Å². The van der Waals surface area contributed by atoms with Gasteiger partial charge in [0.2, 0.25) is 0 Å². The molecule has 0 aromatic heterocycles. The summed E-state index contributed by atoms with van der Waals surface area (Å²) in [4.78, 5) is 11.0. The summed E-state index contributed by atoms with van der Waals surface area (Å²) in [7, 11) is 0. The van der Waals surface area contributed by atoms with Crippen LogP contribution in [0.15, 0.2) is 18.2 Å². The molecule has 1 unspecified atom stereocenters. The van der Waals surface area contributed by atoms with Crippen LogP contribution in [0.25, 0.3) is 0 Å². The second-order valence-corrected chi connectivity index (χ2v) is 3.53. The van der Waals surface area contributed by atoms with Crippen LogP contribution in [0, 0.1) is 5.82 Å². The van der Waals surface area contributed by atoms with Gasteiger partial charge in [-0.05, 0) is 32.4 Å². The third kappa shape index (κ3) is 3.05. The van der Waals surface area contributed by atoms with E-state index in [1.807, 2.05) is 13.8 Å². The highest BCUT2D eigenvalue weighted by Crippen LogP contribution is 2.18. The van der Waals surface area contributed by atoms with E-state index in [4.69, 9.17) is 4.74 Å². The number of ether oxygens (including phenoxy) is 1. The molecule has 1 aromatic carbocycles. The Morgan fingerprint density at radius 1 is 1.53 bits per heavy atom. The summed E-state index contributed by atoms with van der Waals surface area (Å²) in [5.41, 5.74) is 0.103. The zero-order valence-electron chi connectivity index (χ0n) is 9.21. The average molecular weight is 210 g/mol. The Bertz CT molecular complexity index is 361. The van der Waals surface area contributed by atoms with Crippen LogP contribution in [0.4, 0.5) is 4.39 Å². The highest BCUT2D eigenvalue weighted by Gasteiger charge is 2.09. The number of carbonyl (C=O) groups excluding carboxylic acids is 1. The lowest BCUT2D eigenvalue weighted by atomic mass is 10.1. The first kappa shape index (κ1) is 11.7. The minimum atomic E-state index is -0.525. The largest absolute Gasteiger partial charge is 0.491 e. The van der Waals surface area contributed by atoms with Crippen molar-refractivity contribution in [2.24, 2.45) is 0 Å². The Hall–Kier alpha value is -1.38. The number of Topliss-reactive ketones (excluding diaryl/α,β-unsaturated/α-hetero) is 1. The first-order valence-corrected chi connectivity index (χ1v) is 5.01. The Morgan fingerprint density at radius 3 is 2.67 bits per heavy atom. The Morgan fingerprint density at radius 2 is 2.20 bits per heavy atom. The molecule has 1 atom stereocenters. The molecule has 3 heteroatoms. The lowest BCUT2D eigenvalue weighted by Gasteiger charge is -2.12. The molecule has 0 aliphatic rings. The van der Waals surface area contributed by atoms with Gasteiger partial charge in [0, 0.05) is 6.07 Å². The van der Waals surface area contributed by atoms with Crippen LogP contribution in [-0.2, 0) is 0 Å². The van der Waals surface area contributed by atoms with E-state index < -0.39 is 5.82 Å². The summed E-state index contributed by atoms with van der Waals surface area (Å²) < 4.78 is 18.8. The molecule has 1 rings (SSSR count). The lowest BCUT2D eigenvalue weighted by Crippen LogP contribution is -2.10. The van der Waals surface area contributed by atoms with E-state index in [9.17, 15) is 9.18 Å². The van der Waals surface area contributed by atoms with Gasteiger partial charge in [0.05, 0.1) is 11.7 Å². The van der Waals surface area contributed by atoms with Crippen LogP contribution in [-0.4, -0.2) is 11.9 Å². The van der Waals surface area contributed by atoms with Crippen molar-refractivity contribution in [1.82, 2.24) is 0 Å². The van der Waals surface area contributed by atoms with E-state index in [1.54, 1.807) is 6.07 Å². The highest BCUT2D eigenvalue weighted by atomic mass is 19.1. The maximum Gasteiger partial charge on any atom is 0.162 e. The van der Waals surface area contributed by atoms with Crippen LogP contribution in [0.2, 0.25) is 0 Å². The molecule has 0 saturated carbocycles. The quantitative estimate of drug-likeness (QED) is 0.713. The maximum atomic E-state index is 13.4. The van der Waals surface area contributed by atoms with Gasteiger partial charge in [0.25, 0.3) is 0 Å². The molecule has 15 heavy (non-hydrogen) atoms. The highest BCUT2D eigenvalue weighted by molar-refractivity contribution is 5.94. The third-order valence-corrected chi connectivity index (χ3v) is 2.23. The van der Waals surface area contributed by atoms with Crippen LogP contribution < -0.4 is 4.74 Å². The molecule has 0 bridgehead atoms. The molecular formula is C12H15FO2. The molecule has 1 aromatic rings. The van der Waals surface area contributed by atoms with Crippen molar-refractivity contribution < 1.29 is 13.9 Å². The van der Waals surface area contributed by atoms with Crippen LogP contribution in [0.5, 0.6) is 5.75 Å². The first-order chi connectivity index (χ1) is 7.04. The lowest BCUT2D eigenvalue weighted by molar-refractivity contribution is 0.101.